The quantitative estimate of drug-likeness (QED) is 0.0858. The molecule has 0 aliphatic carbocycles. The van der Waals surface area contributed by atoms with Crippen LogP contribution >= 0.6 is 0 Å². The van der Waals surface area contributed by atoms with Crippen LogP contribution in [0, 0.1) is 0 Å². The summed E-state index contributed by atoms with van der Waals surface area (Å²) >= 11 is 0. The van der Waals surface area contributed by atoms with Gasteiger partial charge in [0, 0.05) is 71.7 Å². The summed E-state index contributed by atoms with van der Waals surface area (Å²) in [5.74, 6) is 2.36. The highest BCUT2D eigenvalue weighted by atomic mass is 19.3. The Balaban J connectivity index is 1.00. The topological polar surface area (TPSA) is 238 Å². The molecule has 396 valence electrons. The number of amides is 4. The molecule has 23 heteroatoms. The number of halogens is 2. The highest BCUT2D eigenvalue weighted by Crippen LogP contribution is 2.40. The Hall–Kier alpha value is -8.86. The number of phenolic OH excluding ortho intramolecular Hbond substituents is 1. The summed E-state index contributed by atoms with van der Waals surface area (Å²) < 4.78 is 67.3. The van der Waals surface area contributed by atoms with E-state index in [0.717, 1.165) is 10.0 Å². The monoisotopic (exact) mass is 1040 g/mol. The number of fused-ring (bicyclic) bond motifs is 2. The number of alkyl halides is 2. The molecule has 8 aromatic rings. The SMILES string of the molecule is COc1cc2ncnc(Oc3cccc(NC(=O)N(c4cc(C(C)(C)C)on4)N(C(=O)Nc4cccc(Oc5ncnc6cc(OC7CCN(CC(F)F)CC7)c(OC)cc56)c4)c4cc(C(C)(C)C)on4)c3)c2cc1O. The molecule has 1 fully saturated rings. The molecule has 0 spiro atoms. The molecular formula is C53H55F2N11O10. The van der Waals surface area contributed by atoms with Gasteiger partial charge in [-0.05, 0) is 49.2 Å². The van der Waals surface area contributed by atoms with Gasteiger partial charge in [0.25, 0.3) is 6.43 Å². The number of piperidine rings is 1. The fourth-order valence-corrected chi connectivity index (χ4v) is 8.14. The second-order valence-electron chi connectivity index (χ2n) is 19.8. The minimum Gasteiger partial charge on any atom is -0.504 e. The van der Waals surface area contributed by atoms with E-state index in [1.165, 1.54) is 39.0 Å². The number of nitrogens with one attached hydrogen (secondary N) is 2. The van der Waals surface area contributed by atoms with E-state index < -0.39 is 29.3 Å². The van der Waals surface area contributed by atoms with Crippen molar-refractivity contribution in [1.29, 1.82) is 0 Å². The number of anilines is 4. The lowest BCUT2D eigenvalue weighted by molar-refractivity contribution is 0.0471. The summed E-state index contributed by atoms with van der Waals surface area (Å²) in [5, 5.41) is 27.6. The van der Waals surface area contributed by atoms with Crippen LogP contribution < -0.4 is 44.3 Å². The number of likely N-dealkylation sites (tertiary alicyclic amines) is 1. The molecule has 1 aliphatic heterocycles. The van der Waals surface area contributed by atoms with Gasteiger partial charge in [-0.25, -0.2) is 38.3 Å². The minimum absolute atomic E-state index is 0.0834. The molecule has 0 atom stereocenters. The smallest absolute Gasteiger partial charge is 0.347 e. The van der Waals surface area contributed by atoms with E-state index in [4.69, 9.17) is 32.7 Å². The number of urea groups is 2. The lowest BCUT2D eigenvalue weighted by Crippen LogP contribution is -2.54. The third-order valence-electron chi connectivity index (χ3n) is 12.1. The van der Waals surface area contributed by atoms with E-state index in [9.17, 15) is 23.5 Å². The van der Waals surface area contributed by atoms with E-state index in [1.807, 2.05) is 41.5 Å². The molecule has 0 saturated carbocycles. The first kappa shape index (κ1) is 52.0. The molecule has 0 bridgehead atoms. The molecule has 21 nitrogen and oxygen atoms in total. The van der Waals surface area contributed by atoms with Gasteiger partial charge in [-0.2, -0.15) is 10.0 Å². The van der Waals surface area contributed by atoms with Crippen molar-refractivity contribution in [3.05, 3.63) is 109 Å². The number of ether oxygens (including phenoxy) is 5. The lowest BCUT2D eigenvalue weighted by atomic mass is 9.93. The van der Waals surface area contributed by atoms with E-state index in [-0.39, 0.29) is 70.4 Å². The second kappa shape index (κ2) is 21.5. The van der Waals surface area contributed by atoms with Crippen LogP contribution in [-0.2, 0) is 10.8 Å². The zero-order valence-corrected chi connectivity index (χ0v) is 42.8. The Labute approximate surface area is 434 Å². The molecule has 3 N–H and O–H groups in total. The minimum atomic E-state index is -2.40. The van der Waals surface area contributed by atoms with Crippen LogP contribution in [0.25, 0.3) is 21.8 Å². The van der Waals surface area contributed by atoms with Crippen LogP contribution in [0.4, 0.5) is 41.4 Å². The highest BCUT2D eigenvalue weighted by Gasteiger charge is 2.37. The van der Waals surface area contributed by atoms with E-state index in [2.05, 4.69) is 40.9 Å². The van der Waals surface area contributed by atoms with Gasteiger partial charge in [-0.15, -0.1) is 0 Å². The maximum Gasteiger partial charge on any atom is 0.347 e. The van der Waals surface area contributed by atoms with Gasteiger partial charge in [-0.3, -0.25) is 4.90 Å². The van der Waals surface area contributed by atoms with Crippen molar-refractivity contribution < 1.29 is 56.2 Å². The van der Waals surface area contributed by atoms with E-state index in [1.54, 1.807) is 77.7 Å². The largest absolute Gasteiger partial charge is 0.504 e. The van der Waals surface area contributed by atoms with Gasteiger partial charge in [0.2, 0.25) is 23.4 Å². The maximum atomic E-state index is 15.0. The van der Waals surface area contributed by atoms with Crippen LogP contribution in [0.15, 0.2) is 107 Å². The predicted molar refractivity (Wildman–Crippen MR) is 276 cm³/mol. The molecule has 1 saturated heterocycles. The van der Waals surface area contributed by atoms with Crippen molar-refractivity contribution in [2.45, 2.75) is 77.7 Å². The van der Waals surface area contributed by atoms with Crippen LogP contribution in [0.1, 0.15) is 65.9 Å². The van der Waals surface area contributed by atoms with Crippen LogP contribution in [0.5, 0.6) is 46.3 Å². The van der Waals surface area contributed by atoms with E-state index in [0.29, 0.717) is 70.8 Å². The number of aromatic hydroxyl groups is 1. The number of aromatic nitrogens is 6. The van der Waals surface area contributed by atoms with Gasteiger partial charge < -0.3 is 48.5 Å². The lowest BCUT2D eigenvalue weighted by Gasteiger charge is -2.32. The van der Waals surface area contributed by atoms with Crippen LogP contribution in [-0.4, -0.2) is 98.7 Å². The van der Waals surface area contributed by atoms with Crippen LogP contribution in [0.3, 0.4) is 0 Å². The summed E-state index contributed by atoms with van der Waals surface area (Å²) in [7, 11) is 2.93. The first-order valence-corrected chi connectivity index (χ1v) is 24.1. The van der Waals surface area contributed by atoms with Gasteiger partial charge in [0.15, 0.2) is 23.0 Å². The molecule has 0 unspecified atom stereocenters. The number of hydrogen-bond acceptors (Lipinski definition) is 17. The van der Waals surface area contributed by atoms with E-state index >= 15 is 0 Å². The zero-order valence-electron chi connectivity index (χ0n) is 42.8. The number of carbonyl (C=O) groups is 2. The standard InChI is InChI=1S/C53H55F2N11O10/c1-52(2,3)43-25-46(62-75-43)65(50(68)60-30-11-9-13-33(19-30)73-48-35-21-39(67)40(70-7)23-37(35)56-28-58-48)66(47-26-44(76-63-47)53(4,5)6)51(69)61-31-12-10-14-34(20-31)74-49-36-22-41(71-8)42(24-38(36)57-29-59-49)72-32-15-17-64(18-16-32)27-45(54)55/h9-14,19-26,28-29,32,45,67H,15-18,27H2,1-8H3,(H,60,68)(H,61,69). The Bertz CT molecular complexity index is 3390. The molecule has 4 amide bonds. The average Bonchev–Trinajstić information content (AvgIpc) is 4.10. The molecule has 4 aromatic carbocycles. The number of methoxy groups -OCH3 is 2. The third-order valence-corrected chi connectivity index (χ3v) is 12.1. The number of nitrogens with zero attached hydrogens (tertiary/aromatic N) is 9. The fourth-order valence-electron chi connectivity index (χ4n) is 8.14. The maximum absolute atomic E-state index is 15.0. The summed E-state index contributed by atoms with van der Waals surface area (Å²) in [5.41, 5.74) is 0.276. The number of hydrazine groups is 1. The zero-order chi connectivity index (χ0) is 53.9. The molecule has 5 heterocycles. The Morgan fingerprint density at radius 3 is 1.63 bits per heavy atom. The normalized spacial score (nSPS) is 13.4. The van der Waals surface area contributed by atoms with Crippen molar-refractivity contribution in [2.75, 3.05) is 54.5 Å². The first-order chi connectivity index (χ1) is 36.3. The molecule has 1 aliphatic rings. The van der Waals surface area contributed by atoms with Crippen molar-refractivity contribution in [1.82, 2.24) is 35.1 Å². The van der Waals surface area contributed by atoms with Crippen molar-refractivity contribution in [3.8, 4) is 46.3 Å². The van der Waals surface area contributed by atoms with Gasteiger partial charge in [0.1, 0.15) is 41.8 Å². The second-order valence-corrected chi connectivity index (χ2v) is 19.8. The Morgan fingerprint density at radius 1 is 0.684 bits per heavy atom. The summed E-state index contributed by atoms with van der Waals surface area (Å²) in [6.45, 7) is 12.1. The molecule has 0 radical (unpaired) electrons. The molecule has 76 heavy (non-hydrogen) atoms. The molecule has 4 aromatic heterocycles. The Morgan fingerprint density at radius 2 is 1.17 bits per heavy atom. The van der Waals surface area contributed by atoms with Crippen LogP contribution in [0.2, 0.25) is 0 Å². The number of hydrogen-bond donors (Lipinski definition) is 3. The summed E-state index contributed by atoms with van der Waals surface area (Å²) in [6.07, 6.45) is 1.17. The average molecular weight is 1040 g/mol. The fraction of sp³-hybridized carbons (Fsp3) is 0.321. The molecular weight excluding hydrogens is 989 g/mol. The van der Waals surface area contributed by atoms with Crippen molar-refractivity contribution in [2.24, 2.45) is 0 Å². The molecule has 9 rings (SSSR count). The third kappa shape index (κ3) is 11.7. The first-order valence-electron chi connectivity index (χ1n) is 24.1. The van der Waals surface area contributed by atoms with Gasteiger partial charge in [-0.1, -0.05) is 64.0 Å². The highest BCUT2D eigenvalue weighted by molar-refractivity contribution is 6.12. The number of carbonyl (C=O) groups excluding carboxylic acids is 2. The van der Waals surface area contributed by atoms with Gasteiger partial charge >= 0.3 is 12.1 Å². The number of phenols is 1. The predicted octanol–water partition coefficient (Wildman–Crippen LogP) is 11.3. The number of rotatable bonds is 14. The van der Waals surface area contributed by atoms with Gasteiger partial charge in [0.05, 0.1) is 42.6 Å². The van der Waals surface area contributed by atoms with Crippen molar-refractivity contribution in [3.63, 3.8) is 0 Å². The summed E-state index contributed by atoms with van der Waals surface area (Å²) in [4.78, 5) is 49.1. The van der Waals surface area contributed by atoms with Crippen molar-refractivity contribution >= 4 is 56.9 Å². The summed E-state index contributed by atoms with van der Waals surface area (Å²) in [6, 6.07) is 20.7. The number of benzene rings is 4. The Kier molecular flexibility index (Phi) is 14.7.